The molecule has 0 radical (unpaired) electrons. The summed E-state index contributed by atoms with van der Waals surface area (Å²) in [7, 11) is 0. The summed E-state index contributed by atoms with van der Waals surface area (Å²) >= 11 is 3.40. The Morgan fingerprint density at radius 3 is 2.72 bits per heavy atom. The summed E-state index contributed by atoms with van der Waals surface area (Å²) in [5.41, 5.74) is 3.80. The number of aryl methyl sites for hydroxylation is 2. The molecule has 3 nitrogen and oxygen atoms in total. The summed E-state index contributed by atoms with van der Waals surface area (Å²) in [5, 5.41) is 13.0. The fourth-order valence-electron chi connectivity index (χ4n) is 1.76. The topological polar surface area (TPSA) is 45.1 Å². The Morgan fingerprint density at radius 2 is 2.00 bits per heavy atom. The van der Waals surface area contributed by atoms with Crippen LogP contribution in [0.15, 0.2) is 34.8 Å². The second-order valence-corrected chi connectivity index (χ2v) is 5.13. The van der Waals surface area contributed by atoms with Crippen LogP contribution in [0.4, 0.5) is 5.69 Å². The van der Waals surface area contributed by atoms with E-state index in [0.717, 1.165) is 27.1 Å². The number of aromatic hydroxyl groups is 1. The monoisotopic (exact) mass is 306 g/mol. The summed E-state index contributed by atoms with van der Waals surface area (Å²) in [6.07, 6.45) is 0. The molecular formula is C14H15BrN2O. The third kappa shape index (κ3) is 3.01. The predicted octanol–water partition coefficient (Wildman–Crippen LogP) is 3.78. The molecule has 0 amide bonds. The van der Waals surface area contributed by atoms with Gasteiger partial charge in [-0.3, -0.25) is 4.98 Å². The molecule has 2 aromatic rings. The molecule has 0 aliphatic heterocycles. The number of rotatable bonds is 3. The van der Waals surface area contributed by atoms with E-state index < -0.39 is 0 Å². The minimum atomic E-state index is 0.295. The molecule has 1 aromatic carbocycles. The Labute approximate surface area is 115 Å². The smallest absolute Gasteiger partial charge is 0.120 e. The van der Waals surface area contributed by atoms with Gasteiger partial charge in [0.15, 0.2) is 0 Å². The fourth-order valence-corrected chi connectivity index (χ4v) is 2.17. The van der Waals surface area contributed by atoms with Gasteiger partial charge < -0.3 is 10.4 Å². The molecular weight excluding hydrogens is 292 g/mol. The molecule has 2 N–H and O–H groups in total. The molecule has 0 unspecified atom stereocenters. The zero-order chi connectivity index (χ0) is 13.1. The van der Waals surface area contributed by atoms with Crippen LogP contribution in [0.1, 0.15) is 17.0 Å². The van der Waals surface area contributed by atoms with E-state index in [1.165, 1.54) is 0 Å². The Bertz CT molecular complexity index is 570. The number of pyridine rings is 1. The first-order valence-electron chi connectivity index (χ1n) is 5.72. The van der Waals surface area contributed by atoms with Gasteiger partial charge in [0, 0.05) is 22.3 Å². The highest BCUT2D eigenvalue weighted by Gasteiger charge is 2.04. The molecule has 1 aromatic heterocycles. The van der Waals surface area contributed by atoms with Crippen molar-refractivity contribution in [2.24, 2.45) is 0 Å². The minimum absolute atomic E-state index is 0.295. The van der Waals surface area contributed by atoms with Gasteiger partial charge in [0.1, 0.15) is 5.75 Å². The standard InChI is InChI=1S/C14H15BrN2O/c1-9-3-5-13(10(2)17-9)16-8-11-7-12(15)4-6-14(11)18/h3-7,16,18H,8H2,1-2H3. The predicted molar refractivity (Wildman–Crippen MR) is 76.8 cm³/mol. The lowest BCUT2D eigenvalue weighted by Gasteiger charge is -2.11. The summed E-state index contributed by atoms with van der Waals surface area (Å²) in [4.78, 5) is 4.39. The van der Waals surface area contributed by atoms with Crippen LogP contribution in [0, 0.1) is 13.8 Å². The molecule has 0 aliphatic rings. The van der Waals surface area contributed by atoms with E-state index in [0.29, 0.717) is 12.3 Å². The highest BCUT2D eigenvalue weighted by molar-refractivity contribution is 9.10. The average molecular weight is 307 g/mol. The Hall–Kier alpha value is -1.55. The number of hydrogen-bond acceptors (Lipinski definition) is 3. The second kappa shape index (κ2) is 5.40. The molecule has 1 heterocycles. The van der Waals surface area contributed by atoms with E-state index in [4.69, 9.17) is 0 Å². The number of nitrogens with one attached hydrogen (secondary N) is 1. The number of anilines is 1. The first kappa shape index (κ1) is 12.9. The van der Waals surface area contributed by atoms with Gasteiger partial charge >= 0.3 is 0 Å². The molecule has 0 fully saturated rings. The zero-order valence-corrected chi connectivity index (χ0v) is 12.0. The van der Waals surface area contributed by atoms with E-state index in [9.17, 15) is 5.11 Å². The third-order valence-electron chi connectivity index (χ3n) is 2.74. The quantitative estimate of drug-likeness (QED) is 0.907. The van der Waals surface area contributed by atoms with Crippen molar-refractivity contribution in [3.63, 3.8) is 0 Å². The Kier molecular flexibility index (Phi) is 3.87. The van der Waals surface area contributed by atoms with Gasteiger partial charge in [-0.15, -0.1) is 0 Å². The number of benzene rings is 1. The minimum Gasteiger partial charge on any atom is -0.508 e. The number of halogens is 1. The van der Waals surface area contributed by atoms with Crippen LogP contribution in [0.3, 0.4) is 0 Å². The number of aromatic nitrogens is 1. The second-order valence-electron chi connectivity index (χ2n) is 4.21. The molecule has 0 atom stereocenters. The van der Waals surface area contributed by atoms with Crippen molar-refractivity contribution in [2.45, 2.75) is 20.4 Å². The van der Waals surface area contributed by atoms with Gasteiger partial charge in [-0.05, 0) is 44.2 Å². The fraction of sp³-hybridized carbons (Fsp3) is 0.214. The summed E-state index contributed by atoms with van der Waals surface area (Å²) in [6, 6.07) is 9.38. The molecule has 0 aliphatic carbocycles. The van der Waals surface area contributed by atoms with Gasteiger partial charge in [0.25, 0.3) is 0 Å². The van der Waals surface area contributed by atoms with Crippen LogP contribution >= 0.6 is 15.9 Å². The van der Waals surface area contributed by atoms with Gasteiger partial charge in [0.05, 0.1) is 11.4 Å². The SMILES string of the molecule is Cc1ccc(NCc2cc(Br)ccc2O)c(C)n1. The van der Waals surface area contributed by atoms with Gasteiger partial charge in [-0.1, -0.05) is 15.9 Å². The molecule has 0 saturated heterocycles. The van der Waals surface area contributed by atoms with Crippen molar-refractivity contribution in [1.29, 1.82) is 0 Å². The number of nitrogens with zero attached hydrogens (tertiary/aromatic N) is 1. The van der Waals surface area contributed by atoms with Crippen molar-refractivity contribution < 1.29 is 5.11 Å². The van der Waals surface area contributed by atoms with Crippen LogP contribution < -0.4 is 5.32 Å². The van der Waals surface area contributed by atoms with Crippen molar-refractivity contribution in [2.75, 3.05) is 5.32 Å². The normalized spacial score (nSPS) is 10.4. The van der Waals surface area contributed by atoms with E-state index in [1.807, 2.05) is 38.1 Å². The van der Waals surface area contributed by atoms with Crippen LogP contribution in [0.5, 0.6) is 5.75 Å². The van der Waals surface area contributed by atoms with Crippen LogP contribution in [0.2, 0.25) is 0 Å². The van der Waals surface area contributed by atoms with Crippen LogP contribution in [0.25, 0.3) is 0 Å². The molecule has 0 bridgehead atoms. The molecule has 2 rings (SSSR count). The first-order chi connectivity index (χ1) is 8.56. The van der Waals surface area contributed by atoms with E-state index in [1.54, 1.807) is 6.07 Å². The lowest BCUT2D eigenvalue weighted by atomic mass is 10.2. The van der Waals surface area contributed by atoms with Crippen molar-refractivity contribution in [3.05, 3.63) is 51.8 Å². The van der Waals surface area contributed by atoms with Crippen molar-refractivity contribution >= 4 is 21.6 Å². The molecule has 94 valence electrons. The highest BCUT2D eigenvalue weighted by atomic mass is 79.9. The first-order valence-corrected chi connectivity index (χ1v) is 6.51. The Morgan fingerprint density at radius 1 is 1.22 bits per heavy atom. The van der Waals surface area contributed by atoms with Gasteiger partial charge in [0.2, 0.25) is 0 Å². The number of phenols is 1. The molecule has 0 spiro atoms. The lowest BCUT2D eigenvalue weighted by molar-refractivity contribution is 0.469. The third-order valence-corrected chi connectivity index (χ3v) is 3.23. The summed E-state index contributed by atoms with van der Waals surface area (Å²) in [6.45, 7) is 4.50. The molecule has 18 heavy (non-hydrogen) atoms. The number of phenolic OH excluding ortho intramolecular Hbond substituents is 1. The van der Waals surface area contributed by atoms with Crippen molar-refractivity contribution in [3.8, 4) is 5.75 Å². The van der Waals surface area contributed by atoms with Crippen LogP contribution in [-0.2, 0) is 6.54 Å². The van der Waals surface area contributed by atoms with E-state index >= 15 is 0 Å². The lowest BCUT2D eigenvalue weighted by Crippen LogP contribution is -2.03. The maximum absolute atomic E-state index is 9.75. The largest absolute Gasteiger partial charge is 0.508 e. The maximum atomic E-state index is 9.75. The van der Waals surface area contributed by atoms with Crippen molar-refractivity contribution in [1.82, 2.24) is 4.98 Å². The zero-order valence-electron chi connectivity index (χ0n) is 10.4. The molecule has 0 saturated carbocycles. The van der Waals surface area contributed by atoms with Gasteiger partial charge in [-0.2, -0.15) is 0 Å². The Balaban J connectivity index is 2.13. The average Bonchev–Trinajstić information content (AvgIpc) is 2.32. The summed E-state index contributed by atoms with van der Waals surface area (Å²) in [5.74, 6) is 0.295. The van der Waals surface area contributed by atoms with Gasteiger partial charge in [-0.25, -0.2) is 0 Å². The maximum Gasteiger partial charge on any atom is 0.120 e. The van der Waals surface area contributed by atoms with Crippen LogP contribution in [-0.4, -0.2) is 10.1 Å². The number of hydrogen-bond donors (Lipinski definition) is 2. The van der Waals surface area contributed by atoms with E-state index in [2.05, 4.69) is 26.2 Å². The highest BCUT2D eigenvalue weighted by Crippen LogP contribution is 2.23. The summed E-state index contributed by atoms with van der Waals surface area (Å²) < 4.78 is 0.954. The molecule has 4 heteroatoms. The van der Waals surface area contributed by atoms with E-state index in [-0.39, 0.29) is 0 Å².